The van der Waals surface area contributed by atoms with Gasteiger partial charge in [0.15, 0.2) is 0 Å². The second kappa shape index (κ2) is 4.09. The Labute approximate surface area is 87.6 Å². The lowest BCUT2D eigenvalue weighted by molar-refractivity contribution is 0.0942. The van der Waals surface area contributed by atoms with Gasteiger partial charge in [0.2, 0.25) is 0 Å². The maximum absolute atomic E-state index is 11.6. The molecule has 1 amide bonds. The number of rotatable bonds is 3. The van der Waals surface area contributed by atoms with Gasteiger partial charge in [-0.3, -0.25) is 4.79 Å². The molecule has 0 spiro atoms. The molecule has 0 atom stereocenters. The highest BCUT2D eigenvalue weighted by Crippen LogP contribution is 2.25. The summed E-state index contributed by atoms with van der Waals surface area (Å²) >= 11 is 1.41. The van der Waals surface area contributed by atoms with E-state index in [4.69, 9.17) is 0 Å². The standard InChI is InChI=1S/C10H14N2OS/c1-7-9(14-6-12-7)10(13)11-5-8-3-2-4-8/h6,8H,2-5H2,1H3,(H,11,13). The first-order valence-electron chi connectivity index (χ1n) is 4.95. The smallest absolute Gasteiger partial charge is 0.263 e. The van der Waals surface area contributed by atoms with Crippen molar-refractivity contribution >= 4 is 17.2 Å². The molecule has 1 fully saturated rings. The summed E-state index contributed by atoms with van der Waals surface area (Å²) in [5, 5.41) is 2.96. The molecule has 0 aliphatic heterocycles. The topological polar surface area (TPSA) is 42.0 Å². The minimum absolute atomic E-state index is 0.0388. The van der Waals surface area contributed by atoms with Crippen molar-refractivity contribution in [2.45, 2.75) is 26.2 Å². The normalized spacial score (nSPS) is 16.4. The number of aryl methyl sites for hydroxylation is 1. The summed E-state index contributed by atoms with van der Waals surface area (Å²) in [7, 11) is 0. The number of aromatic nitrogens is 1. The summed E-state index contributed by atoms with van der Waals surface area (Å²) in [6.45, 7) is 2.70. The van der Waals surface area contributed by atoms with E-state index in [0.29, 0.717) is 5.92 Å². The number of thiazole rings is 1. The maximum atomic E-state index is 11.6. The van der Waals surface area contributed by atoms with Crippen molar-refractivity contribution in [3.05, 3.63) is 16.1 Å². The van der Waals surface area contributed by atoms with Gasteiger partial charge < -0.3 is 5.32 Å². The molecule has 1 aliphatic rings. The quantitative estimate of drug-likeness (QED) is 0.829. The van der Waals surface area contributed by atoms with E-state index in [-0.39, 0.29) is 5.91 Å². The van der Waals surface area contributed by atoms with E-state index in [1.54, 1.807) is 5.51 Å². The van der Waals surface area contributed by atoms with Gasteiger partial charge in [-0.15, -0.1) is 11.3 Å². The number of hydrogen-bond donors (Lipinski definition) is 1. The lowest BCUT2D eigenvalue weighted by Gasteiger charge is -2.25. The lowest BCUT2D eigenvalue weighted by Crippen LogP contribution is -2.32. The van der Waals surface area contributed by atoms with Gasteiger partial charge in [0.1, 0.15) is 4.88 Å². The van der Waals surface area contributed by atoms with Gasteiger partial charge in [0.25, 0.3) is 5.91 Å². The zero-order valence-corrected chi connectivity index (χ0v) is 9.06. The first-order chi connectivity index (χ1) is 6.77. The second-order valence-corrected chi connectivity index (χ2v) is 4.63. The second-order valence-electron chi connectivity index (χ2n) is 3.77. The van der Waals surface area contributed by atoms with Crippen molar-refractivity contribution in [1.82, 2.24) is 10.3 Å². The molecule has 4 heteroatoms. The van der Waals surface area contributed by atoms with Crippen LogP contribution in [0.15, 0.2) is 5.51 Å². The van der Waals surface area contributed by atoms with Gasteiger partial charge in [-0.1, -0.05) is 6.42 Å². The van der Waals surface area contributed by atoms with Crippen LogP contribution in [0.4, 0.5) is 0 Å². The fourth-order valence-electron chi connectivity index (χ4n) is 1.53. The number of nitrogens with one attached hydrogen (secondary N) is 1. The molecule has 1 aromatic heterocycles. The zero-order chi connectivity index (χ0) is 9.97. The first kappa shape index (κ1) is 9.65. The molecule has 0 bridgehead atoms. The van der Waals surface area contributed by atoms with Crippen molar-refractivity contribution in [2.75, 3.05) is 6.54 Å². The van der Waals surface area contributed by atoms with Gasteiger partial charge in [-0.25, -0.2) is 4.98 Å². The number of amides is 1. The largest absolute Gasteiger partial charge is 0.351 e. The van der Waals surface area contributed by atoms with Crippen LogP contribution in [0.5, 0.6) is 0 Å². The van der Waals surface area contributed by atoms with E-state index in [0.717, 1.165) is 17.1 Å². The Hall–Kier alpha value is -0.900. The summed E-state index contributed by atoms with van der Waals surface area (Å²) in [5.41, 5.74) is 2.55. The molecule has 1 saturated carbocycles. The monoisotopic (exact) mass is 210 g/mol. The number of nitrogens with zero attached hydrogens (tertiary/aromatic N) is 1. The number of carbonyl (C=O) groups excluding carboxylic acids is 1. The van der Waals surface area contributed by atoms with E-state index < -0.39 is 0 Å². The van der Waals surface area contributed by atoms with Crippen LogP contribution < -0.4 is 5.32 Å². The van der Waals surface area contributed by atoms with Crippen LogP contribution in [0.1, 0.15) is 34.6 Å². The summed E-state index contributed by atoms with van der Waals surface area (Å²) in [6, 6.07) is 0. The number of carbonyl (C=O) groups is 1. The molecule has 1 aromatic rings. The summed E-state index contributed by atoms with van der Waals surface area (Å²) < 4.78 is 0. The molecule has 0 unspecified atom stereocenters. The maximum Gasteiger partial charge on any atom is 0.263 e. The molecule has 14 heavy (non-hydrogen) atoms. The fourth-order valence-corrected chi connectivity index (χ4v) is 2.25. The summed E-state index contributed by atoms with van der Waals surface area (Å²) in [6.07, 6.45) is 3.85. The third-order valence-electron chi connectivity index (χ3n) is 2.73. The van der Waals surface area contributed by atoms with Crippen molar-refractivity contribution < 1.29 is 4.79 Å². The molecule has 76 valence electrons. The van der Waals surface area contributed by atoms with Crippen molar-refractivity contribution in [2.24, 2.45) is 5.92 Å². The minimum Gasteiger partial charge on any atom is -0.351 e. The third kappa shape index (κ3) is 1.95. The molecule has 2 rings (SSSR count). The third-order valence-corrected chi connectivity index (χ3v) is 3.66. The van der Waals surface area contributed by atoms with E-state index in [1.165, 1.54) is 30.6 Å². The van der Waals surface area contributed by atoms with Crippen LogP contribution in [0.2, 0.25) is 0 Å². The lowest BCUT2D eigenvalue weighted by atomic mass is 9.85. The Morgan fingerprint density at radius 2 is 2.50 bits per heavy atom. The Morgan fingerprint density at radius 1 is 1.71 bits per heavy atom. The minimum atomic E-state index is 0.0388. The fraction of sp³-hybridized carbons (Fsp3) is 0.600. The molecule has 0 aromatic carbocycles. The van der Waals surface area contributed by atoms with E-state index in [2.05, 4.69) is 10.3 Å². The van der Waals surface area contributed by atoms with Crippen LogP contribution in [-0.4, -0.2) is 17.4 Å². The molecule has 1 heterocycles. The van der Waals surface area contributed by atoms with Gasteiger partial charge in [0.05, 0.1) is 11.2 Å². The highest BCUT2D eigenvalue weighted by Gasteiger charge is 2.19. The summed E-state index contributed by atoms with van der Waals surface area (Å²) in [5.74, 6) is 0.754. The predicted molar refractivity (Wildman–Crippen MR) is 56.5 cm³/mol. The number of hydrogen-bond acceptors (Lipinski definition) is 3. The highest BCUT2D eigenvalue weighted by molar-refractivity contribution is 7.11. The van der Waals surface area contributed by atoms with Crippen LogP contribution in [0.3, 0.4) is 0 Å². The molecular weight excluding hydrogens is 196 g/mol. The van der Waals surface area contributed by atoms with Gasteiger partial charge in [-0.2, -0.15) is 0 Å². The molecule has 0 radical (unpaired) electrons. The van der Waals surface area contributed by atoms with E-state index >= 15 is 0 Å². The van der Waals surface area contributed by atoms with Crippen LogP contribution in [0.25, 0.3) is 0 Å². The van der Waals surface area contributed by atoms with Crippen molar-refractivity contribution in [3.8, 4) is 0 Å². The molecule has 0 saturated heterocycles. The average molecular weight is 210 g/mol. The van der Waals surface area contributed by atoms with Crippen molar-refractivity contribution in [3.63, 3.8) is 0 Å². The molecular formula is C10H14N2OS. The Kier molecular flexibility index (Phi) is 2.82. The van der Waals surface area contributed by atoms with Crippen molar-refractivity contribution in [1.29, 1.82) is 0 Å². The van der Waals surface area contributed by atoms with E-state index in [1.807, 2.05) is 6.92 Å². The van der Waals surface area contributed by atoms with Crippen LogP contribution >= 0.6 is 11.3 Å². The first-order valence-corrected chi connectivity index (χ1v) is 5.83. The molecule has 3 nitrogen and oxygen atoms in total. The Morgan fingerprint density at radius 3 is 3.00 bits per heavy atom. The zero-order valence-electron chi connectivity index (χ0n) is 8.25. The average Bonchev–Trinajstić information content (AvgIpc) is 2.48. The Balaban J connectivity index is 1.86. The Bertz CT molecular complexity index is 331. The predicted octanol–water partition coefficient (Wildman–Crippen LogP) is 1.98. The molecule has 1 N–H and O–H groups in total. The molecule has 1 aliphatic carbocycles. The van der Waals surface area contributed by atoms with Gasteiger partial charge in [0, 0.05) is 6.54 Å². The van der Waals surface area contributed by atoms with Crippen LogP contribution in [-0.2, 0) is 0 Å². The summed E-state index contributed by atoms with van der Waals surface area (Å²) in [4.78, 5) is 16.4. The SMILES string of the molecule is Cc1ncsc1C(=O)NCC1CCC1. The van der Waals surface area contributed by atoms with Gasteiger partial charge in [-0.05, 0) is 25.7 Å². The highest BCUT2D eigenvalue weighted by atomic mass is 32.1. The van der Waals surface area contributed by atoms with Crippen LogP contribution in [0, 0.1) is 12.8 Å². The van der Waals surface area contributed by atoms with Gasteiger partial charge >= 0.3 is 0 Å². The van der Waals surface area contributed by atoms with E-state index in [9.17, 15) is 4.79 Å².